The van der Waals surface area contributed by atoms with Gasteiger partial charge in [-0.15, -0.1) is 0 Å². The lowest BCUT2D eigenvalue weighted by Crippen LogP contribution is -2.60. The third-order valence-corrected chi connectivity index (χ3v) is 4.36. The molecule has 0 aromatic heterocycles. The minimum atomic E-state index is -1.59. The fraction of sp³-hybridized carbons (Fsp3) is 0.421. The molecule has 15 nitrogen and oxygen atoms in total. The Hall–Kier alpha value is -3.95. The van der Waals surface area contributed by atoms with Gasteiger partial charge in [-0.3, -0.25) is 24.8 Å². The van der Waals surface area contributed by atoms with Crippen LogP contribution in [0.15, 0.2) is 30.3 Å². The fourth-order valence-corrected chi connectivity index (χ4v) is 2.59. The van der Waals surface area contributed by atoms with Crippen LogP contribution in [0.1, 0.15) is 18.4 Å². The Kier molecular flexibility index (Phi) is 11.8. The van der Waals surface area contributed by atoms with Gasteiger partial charge < -0.3 is 31.7 Å². The van der Waals surface area contributed by atoms with E-state index in [0.717, 1.165) is 10.6 Å². The molecule has 188 valence electrons. The van der Waals surface area contributed by atoms with Crippen molar-refractivity contribution < 1.29 is 39.3 Å². The van der Waals surface area contributed by atoms with Crippen LogP contribution in [0.5, 0.6) is 0 Å². The summed E-state index contributed by atoms with van der Waals surface area (Å²) in [5.74, 6) is 2.48. The lowest BCUT2D eigenvalue weighted by Gasteiger charge is -2.26. The van der Waals surface area contributed by atoms with Crippen molar-refractivity contribution in [1.82, 2.24) is 26.1 Å². The van der Waals surface area contributed by atoms with E-state index in [2.05, 4.69) is 10.6 Å². The first-order valence-electron chi connectivity index (χ1n) is 10.1. The standard InChI is InChI=1S/C19H29N7O8/c20-18(33)26(8-6-15(29)30)24-17(32)14(11-28)22-16(31)13(7-9-27)23-19(34)25(21)10-12-4-2-1-3-5-12/h1-5,13-14,27-28H,6-11,21H2,(H2,20,33)(H,22,31)(H,23,34)(H,24,32)(H,29,30)/t13-,14-/m0/s1. The van der Waals surface area contributed by atoms with Gasteiger partial charge in [0.15, 0.2) is 0 Å². The van der Waals surface area contributed by atoms with E-state index < -0.39 is 68.1 Å². The third kappa shape index (κ3) is 9.68. The quantitative estimate of drug-likeness (QED) is 0.0867. The van der Waals surface area contributed by atoms with Crippen LogP contribution in [0, 0.1) is 0 Å². The molecule has 0 aliphatic rings. The van der Waals surface area contributed by atoms with Gasteiger partial charge in [0.2, 0.25) is 5.91 Å². The van der Waals surface area contributed by atoms with E-state index >= 15 is 0 Å². The molecule has 2 atom stereocenters. The average Bonchev–Trinajstić information content (AvgIpc) is 2.79. The van der Waals surface area contributed by atoms with Crippen LogP contribution < -0.4 is 27.6 Å². The zero-order chi connectivity index (χ0) is 25.7. The van der Waals surface area contributed by atoms with Gasteiger partial charge in [0.25, 0.3) is 5.91 Å². The maximum Gasteiger partial charge on any atom is 0.333 e. The first-order valence-corrected chi connectivity index (χ1v) is 10.1. The Morgan fingerprint density at radius 1 is 0.971 bits per heavy atom. The maximum atomic E-state index is 12.6. The molecule has 1 aromatic carbocycles. The second-order valence-electron chi connectivity index (χ2n) is 6.98. The summed E-state index contributed by atoms with van der Waals surface area (Å²) >= 11 is 0. The van der Waals surface area contributed by atoms with Gasteiger partial charge in [-0.2, -0.15) is 0 Å². The highest BCUT2D eigenvalue weighted by molar-refractivity contribution is 5.92. The highest BCUT2D eigenvalue weighted by Crippen LogP contribution is 2.03. The van der Waals surface area contributed by atoms with Crippen LogP contribution in [-0.2, 0) is 20.9 Å². The monoisotopic (exact) mass is 483 g/mol. The molecule has 0 saturated carbocycles. The van der Waals surface area contributed by atoms with E-state index in [1.54, 1.807) is 30.3 Å². The Morgan fingerprint density at radius 2 is 1.62 bits per heavy atom. The molecule has 0 saturated heterocycles. The normalized spacial score (nSPS) is 12.1. The molecule has 6 amide bonds. The molecule has 0 unspecified atom stereocenters. The molecule has 0 fully saturated rings. The Bertz CT molecular complexity index is 854. The molecule has 1 aromatic rings. The molecule has 0 bridgehead atoms. The number of nitrogens with two attached hydrogens (primary N) is 2. The molecule has 15 heteroatoms. The van der Waals surface area contributed by atoms with Gasteiger partial charge in [-0.05, 0) is 12.0 Å². The minimum Gasteiger partial charge on any atom is -0.481 e. The van der Waals surface area contributed by atoms with E-state index in [9.17, 15) is 34.2 Å². The molecule has 0 aliphatic carbocycles. The van der Waals surface area contributed by atoms with Crippen molar-refractivity contribution in [2.24, 2.45) is 11.6 Å². The number of primary amides is 1. The number of nitrogens with zero attached hydrogens (tertiary/aromatic N) is 2. The second kappa shape index (κ2) is 14.2. The smallest absolute Gasteiger partial charge is 0.333 e. The predicted octanol–water partition coefficient (Wildman–Crippen LogP) is -2.81. The lowest BCUT2D eigenvalue weighted by molar-refractivity contribution is -0.138. The number of aliphatic hydroxyl groups excluding tert-OH is 2. The van der Waals surface area contributed by atoms with E-state index in [-0.39, 0.29) is 13.0 Å². The van der Waals surface area contributed by atoms with Crippen LogP contribution in [0.25, 0.3) is 0 Å². The molecule has 0 heterocycles. The summed E-state index contributed by atoms with van der Waals surface area (Å²) in [5, 5.41) is 33.3. The SMILES string of the molecule is NC(=O)N(CCC(=O)O)NC(=O)[C@H](CO)NC(=O)[C@H](CCO)NC(=O)N(N)Cc1ccccc1. The zero-order valence-corrected chi connectivity index (χ0v) is 18.2. The third-order valence-electron chi connectivity index (χ3n) is 4.36. The number of aliphatic hydroxyl groups is 2. The average molecular weight is 483 g/mol. The van der Waals surface area contributed by atoms with Crippen molar-refractivity contribution in [3.63, 3.8) is 0 Å². The fourth-order valence-electron chi connectivity index (χ4n) is 2.59. The van der Waals surface area contributed by atoms with Crippen LogP contribution in [0.2, 0.25) is 0 Å². The summed E-state index contributed by atoms with van der Waals surface area (Å²) in [7, 11) is 0. The molecule has 10 N–H and O–H groups in total. The summed E-state index contributed by atoms with van der Waals surface area (Å²) in [6.07, 6.45) is -0.759. The van der Waals surface area contributed by atoms with E-state index in [0.29, 0.717) is 5.01 Å². The lowest BCUT2D eigenvalue weighted by atomic mass is 10.1. The van der Waals surface area contributed by atoms with Crippen molar-refractivity contribution in [2.45, 2.75) is 31.5 Å². The van der Waals surface area contributed by atoms with Crippen LogP contribution in [-0.4, -0.2) is 87.0 Å². The first kappa shape index (κ1) is 28.1. The highest BCUT2D eigenvalue weighted by atomic mass is 16.4. The largest absolute Gasteiger partial charge is 0.481 e. The number of carbonyl (C=O) groups is 5. The number of hydrogen-bond acceptors (Lipinski definition) is 8. The van der Waals surface area contributed by atoms with E-state index in [4.69, 9.17) is 16.7 Å². The van der Waals surface area contributed by atoms with Crippen LogP contribution >= 0.6 is 0 Å². The number of amides is 6. The summed E-state index contributed by atoms with van der Waals surface area (Å²) in [4.78, 5) is 59.3. The van der Waals surface area contributed by atoms with Gasteiger partial charge in [0.05, 0.1) is 26.1 Å². The van der Waals surface area contributed by atoms with Crippen molar-refractivity contribution >= 4 is 29.8 Å². The van der Waals surface area contributed by atoms with Gasteiger partial charge in [0.1, 0.15) is 12.1 Å². The molecule has 0 spiro atoms. The predicted molar refractivity (Wildman–Crippen MR) is 116 cm³/mol. The molecular weight excluding hydrogens is 454 g/mol. The Balaban J connectivity index is 2.76. The van der Waals surface area contributed by atoms with Gasteiger partial charge in [-0.25, -0.2) is 20.4 Å². The number of carboxylic acid groups (broad SMARTS) is 1. The van der Waals surface area contributed by atoms with E-state index in [1.807, 2.05) is 5.43 Å². The highest BCUT2D eigenvalue weighted by Gasteiger charge is 2.28. The number of carbonyl (C=O) groups excluding carboxylic acids is 4. The summed E-state index contributed by atoms with van der Waals surface area (Å²) in [5.41, 5.74) is 7.80. The Morgan fingerprint density at radius 3 is 2.15 bits per heavy atom. The number of rotatable bonds is 12. The van der Waals surface area contributed by atoms with Gasteiger partial charge in [0, 0.05) is 6.61 Å². The summed E-state index contributed by atoms with van der Waals surface area (Å²) in [6, 6.07) is 3.86. The van der Waals surface area contributed by atoms with Crippen molar-refractivity contribution in [1.29, 1.82) is 0 Å². The zero-order valence-electron chi connectivity index (χ0n) is 18.2. The molecule has 0 aliphatic heterocycles. The van der Waals surface area contributed by atoms with Crippen molar-refractivity contribution in [2.75, 3.05) is 19.8 Å². The summed E-state index contributed by atoms with van der Waals surface area (Å²) < 4.78 is 0. The number of benzene rings is 1. The summed E-state index contributed by atoms with van der Waals surface area (Å²) in [6.45, 7) is -1.83. The van der Waals surface area contributed by atoms with E-state index in [1.165, 1.54) is 0 Å². The molecule has 0 radical (unpaired) electrons. The van der Waals surface area contributed by atoms with Crippen LogP contribution in [0.3, 0.4) is 0 Å². The number of hydrazine groups is 2. The maximum absolute atomic E-state index is 12.6. The Labute approximate surface area is 194 Å². The van der Waals surface area contributed by atoms with Crippen LogP contribution in [0.4, 0.5) is 9.59 Å². The molecule has 1 rings (SSSR count). The van der Waals surface area contributed by atoms with Gasteiger partial charge in [-0.1, -0.05) is 30.3 Å². The van der Waals surface area contributed by atoms with Crippen molar-refractivity contribution in [3.05, 3.63) is 35.9 Å². The first-order chi connectivity index (χ1) is 16.1. The number of urea groups is 2. The minimum absolute atomic E-state index is 0.0289. The number of aliphatic carboxylic acids is 1. The van der Waals surface area contributed by atoms with Crippen molar-refractivity contribution in [3.8, 4) is 0 Å². The number of nitrogens with one attached hydrogen (secondary N) is 3. The number of carboxylic acids is 1. The topological polar surface area (TPSA) is 241 Å². The second-order valence-corrected chi connectivity index (χ2v) is 6.98. The molecule has 34 heavy (non-hydrogen) atoms. The number of hydrogen-bond donors (Lipinski definition) is 8. The molecular formula is C19H29N7O8. The van der Waals surface area contributed by atoms with Gasteiger partial charge >= 0.3 is 18.0 Å².